The maximum absolute atomic E-state index is 11.0. The van der Waals surface area contributed by atoms with Crippen molar-refractivity contribution in [2.75, 3.05) is 5.73 Å². The van der Waals surface area contributed by atoms with Crippen LogP contribution in [0.3, 0.4) is 0 Å². The van der Waals surface area contributed by atoms with Crippen molar-refractivity contribution in [3.63, 3.8) is 0 Å². The second kappa shape index (κ2) is 5.73. The van der Waals surface area contributed by atoms with Crippen molar-refractivity contribution >= 4 is 11.3 Å². The van der Waals surface area contributed by atoms with Gasteiger partial charge in [-0.3, -0.25) is 0 Å². The van der Waals surface area contributed by atoms with E-state index in [2.05, 4.69) is 26.0 Å². The predicted octanol–water partition coefficient (Wildman–Crippen LogP) is 5.01. The van der Waals surface area contributed by atoms with E-state index in [-0.39, 0.29) is 0 Å². The number of aliphatic hydroxyl groups is 1. The zero-order valence-electron chi connectivity index (χ0n) is 14.0. The van der Waals surface area contributed by atoms with Gasteiger partial charge in [-0.25, -0.2) is 0 Å². The van der Waals surface area contributed by atoms with Crippen LogP contribution in [0.15, 0.2) is 24.3 Å². The SMILES string of the molecule is CC1(C)CC=C(c2cc(C3(O)CCCCC3)ccc2N)CC1. The van der Waals surface area contributed by atoms with Crippen LogP contribution in [0, 0.1) is 5.41 Å². The lowest BCUT2D eigenvalue weighted by atomic mass is 9.75. The van der Waals surface area contributed by atoms with Crippen molar-refractivity contribution in [1.82, 2.24) is 0 Å². The molecule has 1 aromatic rings. The van der Waals surface area contributed by atoms with Crippen LogP contribution in [0.1, 0.15) is 76.3 Å². The fourth-order valence-corrected chi connectivity index (χ4v) is 3.87. The standard InChI is InChI=1S/C20H29NO/c1-19(2)12-8-15(9-13-19)17-14-16(6-7-18(17)21)20(22)10-4-3-5-11-20/h6-8,14,22H,3-5,9-13,21H2,1-2H3. The molecule has 0 aromatic heterocycles. The number of hydrogen-bond donors (Lipinski definition) is 2. The number of hydrogen-bond acceptors (Lipinski definition) is 2. The fourth-order valence-electron chi connectivity index (χ4n) is 3.87. The Bertz CT molecular complexity index is 579. The third kappa shape index (κ3) is 3.08. The summed E-state index contributed by atoms with van der Waals surface area (Å²) in [6.07, 6.45) is 11.0. The molecule has 3 N–H and O–H groups in total. The molecule has 1 saturated carbocycles. The molecule has 2 nitrogen and oxygen atoms in total. The molecule has 0 aliphatic heterocycles. The monoisotopic (exact) mass is 299 g/mol. The van der Waals surface area contributed by atoms with Gasteiger partial charge in [-0.05, 0) is 60.8 Å². The minimum Gasteiger partial charge on any atom is -0.398 e. The quantitative estimate of drug-likeness (QED) is 0.754. The lowest BCUT2D eigenvalue weighted by Gasteiger charge is -2.34. The highest BCUT2D eigenvalue weighted by molar-refractivity contribution is 5.76. The van der Waals surface area contributed by atoms with Crippen molar-refractivity contribution in [3.8, 4) is 0 Å². The minimum absolute atomic E-state index is 0.400. The molecule has 1 fully saturated rings. The average molecular weight is 299 g/mol. The zero-order valence-corrected chi connectivity index (χ0v) is 14.0. The molecule has 2 heteroatoms. The van der Waals surface area contributed by atoms with Gasteiger partial charge in [0.25, 0.3) is 0 Å². The molecule has 3 rings (SSSR count). The van der Waals surface area contributed by atoms with Crippen LogP contribution in [-0.2, 0) is 5.60 Å². The Hall–Kier alpha value is -1.28. The van der Waals surface area contributed by atoms with Crippen LogP contribution in [0.4, 0.5) is 5.69 Å². The van der Waals surface area contributed by atoms with E-state index in [4.69, 9.17) is 5.73 Å². The summed E-state index contributed by atoms with van der Waals surface area (Å²) in [7, 11) is 0. The van der Waals surface area contributed by atoms with E-state index >= 15 is 0 Å². The number of nitrogens with two attached hydrogens (primary N) is 1. The molecule has 1 aromatic carbocycles. The van der Waals surface area contributed by atoms with Crippen molar-refractivity contribution in [2.45, 2.75) is 70.8 Å². The molecule has 0 bridgehead atoms. The fraction of sp³-hybridized carbons (Fsp3) is 0.600. The Labute approximate surface area is 134 Å². The first-order valence-corrected chi connectivity index (χ1v) is 8.72. The minimum atomic E-state index is -0.644. The van der Waals surface area contributed by atoms with Gasteiger partial charge in [0, 0.05) is 11.3 Å². The zero-order chi connectivity index (χ0) is 15.8. The summed E-state index contributed by atoms with van der Waals surface area (Å²) in [5.41, 5.74) is 10.4. The molecule has 2 aliphatic rings. The Morgan fingerprint density at radius 1 is 1.05 bits per heavy atom. The number of nitrogen functional groups attached to an aromatic ring is 1. The van der Waals surface area contributed by atoms with Crippen molar-refractivity contribution < 1.29 is 5.11 Å². The summed E-state index contributed by atoms with van der Waals surface area (Å²) in [4.78, 5) is 0. The molecule has 0 saturated heterocycles. The molecule has 0 heterocycles. The maximum Gasteiger partial charge on any atom is 0.0896 e. The predicted molar refractivity (Wildman–Crippen MR) is 93.4 cm³/mol. The van der Waals surface area contributed by atoms with Crippen LogP contribution in [-0.4, -0.2) is 5.11 Å². The third-order valence-electron chi connectivity index (χ3n) is 5.59. The Morgan fingerprint density at radius 3 is 2.41 bits per heavy atom. The van der Waals surface area contributed by atoms with E-state index in [9.17, 15) is 5.11 Å². The molecule has 0 atom stereocenters. The highest BCUT2D eigenvalue weighted by atomic mass is 16.3. The van der Waals surface area contributed by atoms with E-state index < -0.39 is 5.60 Å². The Balaban J connectivity index is 1.92. The lowest BCUT2D eigenvalue weighted by Crippen LogP contribution is -2.28. The van der Waals surface area contributed by atoms with Gasteiger partial charge < -0.3 is 10.8 Å². The van der Waals surface area contributed by atoms with E-state index in [0.717, 1.165) is 55.3 Å². The topological polar surface area (TPSA) is 46.2 Å². The van der Waals surface area contributed by atoms with Gasteiger partial charge in [0.15, 0.2) is 0 Å². The van der Waals surface area contributed by atoms with Crippen molar-refractivity contribution in [1.29, 1.82) is 0 Å². The number of anilines is 1. The molecule has 120 valence electrons. The summed E-state index contributed by atoms with van der Waals surface area (Å²) in [6, 6.07) is 6.17. The van der Waals surface area contributed by atoms with Gasteiger partial charge in [-0.1, -0.05) is 45.3 Å². The first-order chi connectivity index (χ1) is 10.4. The van der Waals surface area contributed by atoms with Gasteiger partial charge in [0.1, 0.15) is 0 Å². The maximum atomic E-state index is 11.0. The molecule has 0 spiro atoms. The highest BCUT2D eigenvalue weighted by Gasteiger charge is 2.32. The summed E-state index contributed by atoms with van der Waals surface area (Å²) < 4.78 is 0. The van der Waals surface area contributed by atoms with Crippen LogP contribution in [0.25, 0.3) is 5.57 Å². The van der Waals surface area contributed by atoms with Gasteiger partial charge >= 0.3 is 0 Å². The summed E-state index contributed by atoms with van der Waals surface area (Å²) >= 11 is 0. The normalized spacial score (nSPS) is 23.9. The molecule has 22 heavy (non-hydrogen) atoms. The van der Waals surface area contributed by atoms with Gasteiger partial charge in [-0.2, -0.15) is 0 Å². The molecule has 0 unspecified atom stereocenters. The van der Waals surface area contributed by atoms with Crippen LogP contribution in [0.5, 0.6) is 0 Å². The second-order valence-corrected chi connectivity index (χ2v) is 7.99. The molecule has 2 aliphatic carbocycles. The first-order valence-electron chi connectivity index (χ1n) is 8.72. The third-order valence-corrected chi connectivity index (χ3v) is 5.59. The molecule has 0 amide bonds. The van der Waals surface area contributed by atoms with Gasteiger partial charge in [0.2, 0.25) is 0 Å². The average Bonchev–Trinajstić information content (AvgIpc) is 2.49. The van der Waals surface area contributed by atoms with Crippen LogP contribution in [0.2, 0.25) is 0 Å². The van der Waals surface area contributed by atoms with Crippen molar-refractivity contribution in [3.05, 3.63) is 35.4 Å². The van der Waals surface area contributed by atoms with Gasteiger partial charge in [-0.15, -0.1) is 0 Å². The molecular weight excluding hydrogens is 270 g/mol. The Kier molecular flexibility index (Phi) is 4.07. The summed E-state index contributed by atoms with van der Waals surface area (Å²) in [6.45, 7) is 4.65. The summed E-state index contributed by atoms with van der Waals surface area (Å²) in [5, 5.41) is 11.0. The second-order valence-electron chi connectivity index (χ2n) is 7.99. The van der Waals surface area contributed by atoms with Crippen LogP contribution < -0.4 is 5.73 Å². The molecule has 0 radical (unpaired) electrons. The number of benzene rings is 1. The Morgan fingerprint density at radius 2 is 1.77 bits per heavy atom. The highest BCUT2D eigenvalue weighted by Crippen LogP contribution is 2.42. The van der Waals surface area contributed by atoms with E-state index in [1.165, 1.54) is 18.4 Å². The first kappa shape index (κ1) is 15.6. The van der Waals surface area contributed by atoms with Crippen molar-refractivity contribution in [2.24, 2.45) is 5.41 Å². The smallest absolute Gasteiger partial charge is 0.0896 e. The van der Waals surface area contributed by atoms with E-state index in [0.29, 0.717) is 5.41 Å². The van der Waals surface area contributed by atoms with E-state index in [1.54, 1.807) is 0 Å². The van der Waals surface area contributed by atoms with Crippen LogP contribution >= 0.6 is 0 Å². The van der Waals surface area contributed by atoms with Gasteiger partial charge in [0.05, 0.1) is 5.60 Å². The number of allylic oxidation sites excluding steroid dienone is 2. The number of rotatable bonds is 2. The lowest BCUT2D eigenvalue weighted by molar-refractivity contribution is -0.000631. The molecular formula is C20H29NO. The summed E-state index contributed by atoms with van der Waals surface area (Å²) in [5.74, 6) is 0. The van der Waals surface area contributed by atoms with E-state index in [1.807, 2.05) is 12.1 Å². The largest absolute Gasteiger partial charge is 0.398 e.